The minimum atomic E-state index is 0.375. The zero-order valence-corrected chi connectivity index (χ0v) is 10.9. The van der Waals surface area contributed by atoms with Crippen molar-refractivity contribution in [1.29, 1.82) is 0 Å². The predicted octanol–water partition coefficient (Wildman–Crippen LogP) is 2.21. The van der Waals surface area contributed by atoms with Crippen LogP contribution in [0.1, 0.15) is 34.6 Å². The second-order valence-corrected chi connectivity index (χ2v) is 5.52. The molecule has 0 aromatic carbocycles. The van der Waals surface area contributed by atoms with E-state index in [1.807, 2.05) is 0 Å². The van der Waals surface area contributed by atoms with Gasteiger partial charge in [0.15, 0.2) is 0 Å². The summed E-state index contributed by atoms with van der Waals surface area (Å²) in [5.41, 5.74) is 0.375. The van der Waals surface area contributed by atoms with Gasteiger partial charge in [0.25, 0.3) is 0 Å². The molecular formula is C12H28N2. The van der Waals surface area contributed by atoms with Crippen molar-refractivity contribution >= 4 is 0 Å². The van der Waals surface area contributed by atoms with Crippen molar-refractivity contribution in [2.24, 2.45) is 11.3 Å². The summed E-state index contributed by atoms with van der Waals surface area (Å²) in [5, 5.41) is 3.53. The quantitative estimate of drug-likeness (QED) is 0.678. The lowest BCUT2D eigenvalue weighted by molar-refractivity contribution is 0.209. The van der Waals surface area contributed by atoms with Crippen LogP contribution >= 0.6 is 0 Å². The van der Waals surface area contributed by atoms with Crippen molar-refractivity contribution in [2.45, 2.75) is 34.6 Å². The fourth-order valence-corrected chi connectivity index (χ4v) is 1.60. The first-order chi connectivity index (χ1) is 6.37. The molecule has 0 atom stereocenters. The molecule has 2 heteroatoms. The van der Waals surface area contributed by atoms with Crippen LogP contribution in [0.25, 0.3) is 0 Å². The van der Waals surface area contributed by atoms with Crippen molar-refractivity contribution in [3.63, 3.8) is 0 Å². The third-order valence-electron chi connectivity index (χ3n) is 2.39. The first-order valence-corrected chi connectivity index (χ1v) is 5.76. The molecule has 0 aliphatic heterocycles. The van der Waals surface area contributed by atoms with Crippen LogP contribution in [0.15, 0.2) is 0 Å². The van der Waals surface area contributed by atoms with E-state index < -0.39 is 0 Å². The maximum Gasteiger partial charge on any atom is 0.00417 e. The Morgan fingerprint density at radius 1 is 1.29 bits per heavy atom. The fraction of sp³-hybridized carbons (Fsp3) is 1.00. The molecule has 0 aromatic heterocycles. The van der Waals surface area contributed by atoms with Gasteiger partial charge in [-0.05, 0) is 31.5 Å². The van der Waals surface area contributed by atoms with Gasteiger partial charge in [0.05, 0.1) is 0 Å². The molecule has 0 spiro atoms. The van der Waals surface area contributed by atoms with E-state index in [9.17, 15) is 0 Å². The Morgan fingerprint density at radius 3 is 2.29 bits per heavy atom. The van der Waals surface area contributed by atoms with Gasteiger partial charge in [-0.25, -0.2) is 0 Å². The molecule has 1 N–H and O–H groups in total. The summed E-state index contributed by atoms with van der Waals surface area (Å²) in [6.07, 6.45) is 0. The molecule has 0 aromatic rings. The summed E-state index contributed by atoms with van der Waals surface area (Å²) in [5.74, 6) is 0.745. The number of hydrogen-bond donors (Lipinski definition) is 1. The van der Waals surface area contributed by atoms with Crippen molar-refractivity contribution in [3.8, 4) is 0 Å². The molecule has 0 radical (unpaired) electrons. The number of nitrogens with zero attached hydrogens (tertiary/aromatic N) is 1. The lowest BCUT2D eigenvalue weighted by atomic mass is 9.92. The Hall–Kier alpha value is -0.0800. The highest BCUT2D eigenvalue weighted by molar-refractivity contribution is 4.74. The number of rotatable bonds is 7. The molecule has 0 rings (SSSR count). The molecule has 0 saturated carbocycles. The summed E-state index contributed by atoms with van der Waals surface area (Å²) in [6.45, 7) is 15.9. The SMILES string of the molecule is CCN(C)CC(C)(C)CNCC(C)C. The van der Waals surface area contributed by atoms with Crippen LogP contribution in [-0.4, -0.2) is 38.1 Å². The minimum absolute atomic E-state index is 0.375. The van der Waals surface area contributed by atoms with Crippen LogP contribution in [0.3, 0.4) is 0 Å². The van der Waals surface area contributed by atoms with Crippen LogP contribution in [-0.2, 0) is 0 Å². The highest BCUT2D eigenvalue weighted by Gasteiger charge is 2.18. The fourth-order valence-electron chi connectivity index (χ4n) is 1.60. The van der Waals surface area contributed by atoms with E-state index in [4.69, 9.17) is 0 Å². The maximum absolute atomic E-state index is 3.53. The van der Waals surface area contributed by atoms with E-state index in [-0.39, 0.29) is 0 Å². The molecule has 2 nitrogen and oxygen atoms in total. The third kappa shape index (κ3) is 7.34. The molecule has 14 heavy (non-hydrogen) atoms. The average Bonchev–Trinajstić information content (AvgIpc) is 2.02. The smallest absolute Gasteiger partial charge is 0.00417 e. The van der Waals surface area contributed by atoms with Crippen LogP contribution in [0.5, 0.6) is 0 Å². The first kappa shape index (κ1) is 13.9. The van der Waals surface area contributed by atoms with Gasteiger partial charge in [0.2, 0.25) is 0 Å². The Bertz CT molecular complexity index is 141. The molecule has 0 unspecified atom stereocenters. The molecule has 0 amide bonds. The van der Waals surface area contributed by atoms with Gasteiger partial charge in [0.1, 0.15) is 0 Å². The summed E-state index contributed by atoms with van der Waals surface area (Å²) in [7, 11) is 2.18. The highest BCUT2D eigenvalue weighted by Crippen LogP contribution is 2.14. The highest BCUT2D eigenvalue weighted by atomic mass is 15.1. The normalized spacial score (nSPS) is 12.9. The monoisotopic (exact) mass is 200 g/mol. The van der Waals surface area contributed by atoms with E-state index in [1.165, 1.54) is 0 Å². The molecule has 0 bridgehead atoms. The van der Waals surface area contributed by atoms with E-state index in [1.54, 1.807) is 0 Å². The largest absolute Gasteiger partial charge is 0.316 e. The van der Waals surface area contributed by atoms with Gasteiger partial charge in [-0.2, -0.15) is 0 Å². The molecule has 0 saturated heterocycles. The summed E-state index contributed by atoms with van der Waals surface area (Å²) < 4.78 is 0. The van der Waals surface area contributed by atoms with E-state index >= 15 is 0 Å². The molecule has 0 fully saturated rings. The average molecular weight is 200 g/mol. The standard InChI is InChI=1S/C12H28N2/c1-7-14(6)10-12(4,5)9-13-8-11(2)3/h11,13H,7-10H2,1-6H3. The van der Waals surface area contributed by atoms with Crippen LogP contribution in [0, 0.1) is 11.3 Å². The van der Waals surface area contributed by atoms with Crippen molar-refractivity contribution in [2.75, 3.05) is 33.2 Å². The third-order valence-corrected chi connectivity index (χ3v) is 2.39. The maximum atomic E-state index is 3.53. The van der Waals surface area contributed by atoms with Crippen LogP contribution in [0.4, 0.5) is 0 Å². The number of nitrogens with one attached hydrogen (secondary N) is 1. The van der Waals surface area contributed by atoms with Gasteiger partial charge < -0.3 is 10.2 Å². The lowest BCUT2D eigenvalue weighted by Gasteiger charge is -2.30. The molecule has 86 valence electrons. The lowest BCUT2D eigenvalue weighted by Crippen LogP contribution is -2.39. The molecular weight excluding hydrogens is 172 g/mol. The van der Waals surface area contributed by atoms with Gasteiger partial charge >= 0.3 is 0 Å². The zero-order chi connectivity index (χ0) is 11.2. The summed E-state index contributed by atoms with van der Waals surface area (Å²) in [4.78, 5) is 2.37. The molecule has 0 aliphatic rings. The van der Waals surface area contributed by atoms with Gasteiger partial charge in [-0.1, -0.05) is 34.6 Å². The van der Waals surface area contributed by atoms with Gasteiger partial charge in [0, 0.05) is 13.1 Å². The molecule has 0 aliphatic carbocycles. The van der Waals surface area contributed by atoms with Crippen LogP contribution in [0.2, 0.25) is 0 Å². The Balaban J connectivity index is 3.71. The van der Waals surface area contributed by atoms with Gasteiger partial charge in [-0.3, -0.25) is 0 Å². The van der Waals surface area contributed by atoms with E-state index in [0.29, 0.717) is 5.41 Å². The van der Waals surface area contributed by atoms with Crippen LogP contribution < -0.4 is 5.32 Å². The Labute approximate surface area is 90.1 Å². The minimum Gasteiger partial charge on any atom is -0.316 e. The number of hydrogen-bond acceptors (Lipinski definition) is 2. The topological polar surface area (TPSA) is 15.3 Å². The Morgan fingerprint density at radius 2 is 1.86 bits per heavy atom. The second kappa shape index (κ2) is 6.41. The predicted molar refractivity (Wildman–Crippen MR) is 64.7 cm³/mol. The van der Waals surface area contributed by atoms with Crippen molar-refractivity contribution < 1.29 is 0 Å². The summed E-state index contributed by atoms with van der Waals surface area (Å²) >= 11 is 0. The first-order valence-electron chi connectivity index (χ1n) is 5.76. The van der Waals surface area contributed by atoms with E-state index in [0.717, 1.165) is 32.1 Å². The molecule has 0 heterocycles. The van der Waals surface area contributed by atoms with Gasteiger partial charge in [-0.15, -0.1) is 0 Å². The second-order valence-electron chi connectivity index (χ2n) is 5.52. The van der Waals surface area contributed by atoms with Crippen molar-refractivity contribution in [3.05, 3.63) is 0 Å². The zero-order valence-electron chi connectivity index (χ0n) is 10.9. The Kier molecular flexibility index (Phi) is 6.38. The summed E-state index contributed by atoms with van der Waals surface area (Å²) in [6, 6.07) is 0. The van der Waals surface area contributed by atoms with E-state index in [2.05, 4.69) is 51.9 Å². The van der Waals surface area contributed by atoms with Crippen molar-refractivity contribution in [1.82, 2.24) is 10.2 Å².